The Morgan fingerprint density at radius 2 is 1.88 bits per heavy atom. The Labute approximate surface area is 186 Å². The fourth-order valence-corrected chi connectivity index (χ4v) is 5.06. The molecule has 0 aliphatic carbocycles. The number of hydrogen-bond donors (Lipinski definition) is 2. The third-order valence-corrected chi connectivity index (χ3v) is 6.91. The summed E-state index contributed by atoms with van der Waals surface area (Å²) >= 11 is 0. The van der Waals surface area contributed by atoms with Crippen LogP contribution in [-0.4, -0.2) is 42.3 Å². The minimum atomic E-state index is -3.25. The fourth-order valence-electron chi connectivity index (χ4n) is 3.49. The molecule has 0 unspecified atom stereocenters. The van der Waals surface area contributed by atoms with Gasteiger partial charge in [0, 0.05) is 36.7 Å². The van der Waals surface area contributed by atoms with Crippen molar-refractivity contribution in [2.45, 2.75) is 19.5 Å². The van der Waals surface area contributed by atoms with Crippen molar-refractivity contribution < 1.29 is 18.0 Å². The highest BCUT2D eigenvalue weighted by Crippen LogP contribution is 2.24. The second kappa shape index (κ2) is 9.23. The van der Waals surface area contributed by atoms with Crippen molar-refractivity contribution in [2.24, 2.45) is 0 Å². The number of sulfonamides is 1. The van der Waals surface area contributed by atoms with E-state index in [1.807, 2.05) is 6.07 Å². The molecule has 2 N–H and O–H groups in total. The molecule has 9 nitrogen and oxygen atoms in total. The first kappa shape index (κ1) is 21.6. The van der Waals surface area contributed by atoms with Crippen molar-refractivity contribution in [1.82, 2.24) is 15.1 Å². The lowest BCUT2D eigenvalue weighted by Crippen LogP contribution is -2.25. The van der Waals surface area contributed by atoms with Crippen LogP contribution in [0.3, 0.4) is 0 Å². The zero-order chi connectivity index (χ0) is 22.6. The van der Waals surface area contributed by atoms with Crippen LogP contribution in [-0.2, 0) is 27.9 Å². The van der Waals surface area contributed by atoms with Gasteiger partial charge in [0.2, 0.25) is 15.9 Å². The molecule has 2 aromatic carbocycles. The molecule has 4 rings (SSSR count). The molecule has 0 bridgehead atoms. The minimum Gasteiger partial charge on any atom is -0.348 e. The van der Waals surface area contributed by atoms with Crippen LogP contribution in [0.15, 0.2) is 67.0 Å². The monoisotopic (exact) mass is 453 g/mol. The zero-order valence-corrected chi connectivity index (χ0v) is 18.1. The number of benzene rings is 2. The lowest BCUT2D eigenvalue weighted by atomic mass is 10.1. The predicted molar refractivity (Wildman–Crippen MR) is 121 cm³/mol. The van der Waals surface area contributed by atoms with Crippen molar-refractivity contribution in [2.75, 3.05) is 21.9 Å². The van der Waals surface area contributed by atoms with Crippen molar-refractivity contribution in [3.05, 3.63) is 78.1 Å². The highest BCUT2D eigenvalue weighted by Gasteiger charge is 2.28. The van der Waals surface area contributed by atoms with E-state index in [1.54, 1.807) is 60.9 Å². The van der Waals surface area contributed by atoms with Gasteiger partial charge in [0.15, 0.2) is 0 Å². The number of nitrogens with zero attached hydrogens (tertiary/aromatic N) is 3. The maximum absolute atomic E-state index is 12.5. The summed E-state index contributed by atoms with van der Waals surface area (Å²) in [4.78, 5) is 24.6. The third kappa shape index (κ3) is 5.14. The van der Waals surface area contributed by atoms with E-state index in [1.165, 1.54) is 8.99 Å². The Morgan fingerprint density at radius 3 is 2.56 bits per heavy atom. The van der Waals surface area contributed by atoms with Gasteiger partial charge < -0.3 is 10.6 Å². The van der Waals surface area contributed by atoms with E-state index in [4.69, 9.17) is 0 Å². The van der Waals surface area contributed by atoms with Crippen LogP contribution >= 0.6 is 0 Å². The minimum absolute atomic E-state index is 0.114. The predicted octanol–water partition coefficient (Wildman–Crippen LogP) is 1.99. The number of hydrogen-bond acceptors (Lipinski definition) is 5. The van der Waals surface area contributed by atoms with Crippen molar-refractivity contribution in [3.63, 3.8) is 0 Å². The Balaban J connectivity index is 1.33. The molecule has 0 spiro atoms. The highest BCUT2D eigenvalue weighted by molar-refractivity contribution is 7.93. The van der Waals surface area contributed by atoms with Crippen LogP contribution in [0.5, 0.6) is 0 Å². The van der Waals surface area contributed by atoms with Gasteiger partial charge in [0.05, 0.1) is 11.4 Å². The first-order valence-electron chi connectivity index (χ1n) is 10.2. The number of aromatic nitrogens is 2. The number of carbonyl (C=O) groups excluding carboxylic acids is 2. The molecular formula is C22H23N5O4S. The average molecular weight is 454 g/mol. The van der Waals surface area contributed by atoms with E-state index >= 15 is 0 Å². The van der Waals surface area contributed by atoms with Gasteiger partial charge >= 0.3 is 0 Å². The quantitative estimate of drug-likeness (QED) is 0.568. The molecule has 1 fully saturated rings. The highest BCUT2D eigenvalue weighted by atomic mass is 32.2. The molecule has 2 amide bonds. The van der Waals surface area contributed by atoms with Crippen LogP contribution < -0.4 is 14.9 Å². The van der Waals surface area contributed by atoms with Gasteiger partial charge in [-0.1, -0.05) is 12.1 Å². The Bertz CT molecular complexity index is 1210. The van der Waals surface area contributed by atoms with Gasteiger partial charge in [-0.05, 0) is 54.4 Å². The smallest absolute Gasteiger partial charge is 0.251 e. The summed E-state index contributed by atoms with van der Waals surface area (Å²) in [6.45, 7) is 0.856. The SMILES string of the molecule is O=C(Cn1cccn1)Nc1cccc(CNC(=O)c2ccc(N3CCCS3(=O)=O)cc2)c1. The molecule has 1 aliphatic heterocycles. The van der Waals surface area contributed by atoms with Crippen molar-refractivity contribution >= 4 is 33.2 Å². The molecule has 2 heterocycles. The van der Waals surface area contributed by atoms with Gasteiger partial charge in [-0.2, -0.15) is 5.10 Å². The summed E-state index contributed by atoms with van der Waals surface area (Å²) in [7, 11) is -3.25. The Kier molecular flexibility index (Phi) is 6.22. The van der Waals surface area contributed by atoms with E-state index in [0.717, 1.165) is 5.56 Å². The van der Waals surface area contributed by atoms with Crippen molar-refractivity contribution in [1.29, 1.82) is 0 Å². The summed E-state index contributed by atoms with van der Waals surface area (Å²) in [6, 6.07) is 15.5. The van der Waals surface area contributed by atoms with Crippen LogP contribution in [0.2, 0.25) is 0 Å². The van der Waals surface area contributed by atoms with Gasteiger partial charge in [0.1, 0.15) is 6.54 Å². The molecule has 32 heavy (non-hydrogen) atoms. The molecule has 10 heteroatoms. The first-order valence-corrected chi connectivity index (χ1v) is 11.8. The van der Waals surface area contributed by atoms with Crippen molar-refractivity contribution in [3.8, 4) is 0 Å². The molecule has 0 saturated carbocycles. The topological polar surface area (TPSA) is 113 Å². The number of amides is 2. The largest absolute Gasteiger partial charge is 0.348 e. The Morgan fingerprint density at radius 1 is 1.06 bits per heavy atom. The summed E-state index contributed by atoms with van der Waals surface area (Å²) in [5.41, 5.74) is 2.46. The van der Waals surface area contributed by atoms with E-state index in [9.17, 15) is 18.0 Å². The van der Waals surface area contributed by atoms with Crippen LogP contribution in [0.25, 0.3) is 0 Å². The number of anilines is 2. The summed E-state index contributed by atoms with van der Waals surface area (Å²) in [5.74, 6) is -0.318. The van der Waals surface area contributed by atoms with Gasteiger partial charge in [0.25, 0.3) is 5.91 Å². The molecule has 0 atom stereocenters. The standard InChI is InChI=1S/C22H23N5O4S/c28-21(16-26-11-2-10-24-26)25-19-5-1-4-17(14-19)15-23-22(29)18-6-8-20(9-7-18)27-12-3-13-32(27,30)31/h1-2,4-11,14H,3,12-13,15-16H2,(H,23,29)(H,25,28). The lowest BCUT2D eigenvalue weighted by molar-refractivity contribution is -0.116. The fraction of sp³-hybridized carbons (Fsp3) is 0.227. The van der Waals surface area contributed by atoms with Crippen LogP contribution in [0.1, 0.15) is 22.3 Å². The van der Waals surface area contributed by atoms with E-state index in [2.05, 4.69) is 15.7 Å². The van der Waals surface area contributed by atoms with Gasteiger partial charge in [-0.3, -0.25) is 18.6 Å². The molecule has 1 aromatic heterocycles. The normalized spacial score (nSPS) is 14.8. The van der Waals surface area contributed by atoms with Crippen LogP contribution in [0.4, 0.5) is 11.4 Å². The molecular weight excluding hydrogens is 430 g/mol. The molecule has 166 valence electrons. The lowest BCUT2D eigenvalue weighted by Gasteiger charge is -2.17. The number of rotatable bonds is 7. The molecule has 0 radical (unpaired) electrons. The second-order valence-electron chi connectivity index (χ2n) is 7.42. The summed E-state index contributed by atoms with van der Waals surface area (Å²) in [6.07, 6.45) is 3.92. The first-order chi connectivity index (χ1) is 15.4. The number of nitrogens with one attached hydrogen (secondary N) is 2. The van der Waals surface area contributed by atoms with Gasteiger partial charge in [-0.15, -0.1) is 0 Å². The van der Waals surface area contributed by atoms with E-state index in [-0.39, 0.29) is 30.7 Å². The average Bonchev–Trinajstić information content (AvgIpc) is 3.41. The van der Waals surface area contributed by atoms with E-state index in [0.29, 0.717) is 29.9 Å². The summed E-state index contributed by atoms with van der Waals surface area (Å²) < 4.78 is 27.0. The maximum Gasteiger partial charge on any atom is 0.251 e. The molecule has 1 saturated heterocycles. The Hall–Kier alpha value is -3.66. The molecule has 1 aliphatic rings. The molecule has 3 aromatic rings. The zero-order valence-electron chi connectivity index (χ0n) is 17.3. The summed E-state index contributed by atoms with van der Waals surface area (Å²) in [5, 5.41) is 9.66. The van der Waals surface area contributed by atoms with Crippen LogP contribution in [0, 0.1) is 0 Å². The third-order valence-electron chi connectivity index (χ3n) is 5.05. The maximum atomic E-state index is 12.5. The van der Waals surface area contributed by atoms with Gasteiger partial charge in [-0.25, -0.2) is 8.42 Å². The second-order valence-corrected chi connectivity index (χ2v) is 9.44. The van der Waals surface area contributed by atoms with E-state index < -0.39 is 10.0 Å². The number of carbonyl (C=O) groups is 2.